The van der Waals surface area contributed by atoms with Crippen LogP contribution >= 0.6 is 0 Å². The third kappa shape index (κ3) is 5.11. The van der Waals surface area contributed by atoms with Gasteiger partial charge in [-0.15, -0.1) is 0 Å². The van der Waals surface area contributed by atoms with Gasteiger partial charge in [0.2, 0.25) is 11.8 Å². The number of primary amides is 1. The fourth-order valence-corrected chi connectivity index (χ4v) is 2.39. The molecular formula is C18H15F2N3O2. The molecule has 0 saturated carbocycles. The van der Waals surface area contributed by atoms with Crippen molar-refractivity contribution in [2.24, 2.45) is 5.73 Å². The highest BCUT2D eigenvalue weighted by atomic mass is 19.1. The summed E-state index contributed by atoms with van der Waals surface area (Å²) in [6, 6.07) is 10.3. The van der Waals surface area contributed by atoms with Gasteiger partial charge >= 0.3 is 0 Å². The maximum atomic E-state index is 13.2. The number of carbonyl (C=O) groups is 2. The zero-order valence-corrected chi connectivity index (χ0v) is 13.1. The number of benzene rings is 2. The van der Waals surface area contributed by atoms with Crippen molar-refractivity contribution in [2.75, 3.05) is 0 Å². The minimum absolute atomic E-state index is 0.0440. The predicted molar refractivity (Wildman–Crippen MR) is 86.0 cm³/mol. The molecule has 0 heterocycles. The number of nitriles is 1. The fraction of sp³-hybridized carbons (Fsp3) is 0.167. The molecule has 0 saturated heterocycles. The SMILES string of the molecule is N#Cc1ccccc1C[C@@H](NC(=O)Cc1cc(F)cc(F)c1)C(N)=O. The summed E-state index contributed by atoms with van der Waals surface area (Å²) in [4.78, 5) is 23.7. The van der Waals surface area contributed by atoms with E-state index in [4.69, 9.17) is 11.0 Å². The van der Waals surface area contributed by atoms with Crippen molar-refractivity contribution in [2.45, 2.75) is 18.9 Å². The molecule has 2 rings (SSSR count). The first-order valence-corrected chi connectivity index (χ1v) is 7.40. The molecule has 25 heavy (non-hydrogen) atoms. The molecule has 2 amide bonds. The fourth-order valence-electron chi connectivity index (χ4n) is 2.39. The van der Waals surface area contributed by atoms with Crippen LogP contribution in [-0.4, -0.2) is 17.9 Å². The van der Waals surface area contributed by atoms with Crippen LogP contribution in [0, 0.1) is 23.0 Å². The molecule has 128 valence electrons. The van der Waals surface area contributed by atoms with Gasteiger partial charge in [0.1, 0.15) is 17.7 Å². The number of carbonyl (C=O) groups excluding carboxylic acids is 2. The van der Waals surface area contributed by atoms with Crippen LogP contribution in [0.5, 0.6) is 0 Å². The molecule has 0 aliphatic carbocycles. The lowest BCUT2D eigenvalue weighted by molar-refractivity contribution is -0.127. The quantitative estimate of drug-likeness (QED) is 0.834. The number of amides is 2. The smallest absolute Gasteiger partial charge is 0.240 e. The van der Waals surface area contributed by atoms with Gasteiger partial charge < -0.3 is 11.1 Å². The van der Waals surface area contributed by atoms with E-state index >= 15 is 0 Å². The minimum Gasteiger partial charge on any atom is -0.368 e. The second kappa shape index (κ2) is 8.02. The van der Waals surface area contributed by atoms with E-state index in [1.54, 1.807) is 24.3 Å². The molecule has 7 heteroatoms. The Morgan fingerprint density at radius 2 is 1.80 bits per heavy atom. The van der Waals surface area contributed by atoms with Gasteiger partial charge in [-0.3, -0.25) is 9.59 Å². The Bertz CT molecular complexity index is 826. The summed E-state index contributed by atoms with van der Waals surface area (Å²) in [6.07, 6.45) is -0.263. The lowest BCUT2D eigenvalue weighted by Crippen LogP contribution is -2.46. The topological polar surface area (TPSA) is 96.0 Å². The summed E-state index contributed by atoms with van der Waals surface area (Å²) < 4.78 is 26.3. The highest BCUT2D eigenvalue weighted by molar-refractivity contribution is 5.87. The summed E-state index contributed by atoms with van der Waals surface area (Å²) in [5.74, 6) is -2.97. The minimum atomic E-state index is -1.04. The van der Waals surface area contributed by atoms with Crippen molar-refractivity contribution in [3.8, 4) is 6.07 Å². The van der Waals surface area contributed by atoms with Gasteiger partial charge in [-0.25, -0.2) is 8.78 Å². The van der Waals surface area contributed by atoms with Crippen molar-refractivity contribution >= 4 is 11.8 Å². The van der Waals surface area contributed by atoms with Gasteiger partial charge in [0.05, 0.1) is 18.1 Å². The van der Waals surface area contributed by atoms with Crippen LogP contribution in [-0.2, 0) is 22.4 Å². The summed E-state index contributed by atoms with van der Waals surface area (Å²) in [7, 11) is 0. The monoisotopic (exact) mass is 343 g/mol. The van der Waals surface area contributed by atoms with Crippen molar-refractivity contribution in [1.82, 2.24) is 5.32 Å². The van der Waals surface area contributed by atoms with Gasteiger partial charge in [-0.2, -0.15) is 5.26 Å². The summed E-state index contributed by atoms with van der Waals surface area (Å²) >= 11 is 0. The molecule has 1 atom stereocenters. The molecule has 0 bridgehead atoms. The zero-order valence-electron chi connectivity index (χ0n) is 13.1. The summed E-state index contributed by atoms with van der Waals surface area (Å²) in [5, 5.41) is 11.5. The molecule has 2 aromatic carbocycles. The lowest BCUT2D eigenvalue weighted by Gasteiger charge is -2.16. The average Bonchev–Trinajstić information content (AvgIpc) is 2.53. The van der Waals surface area contributed by atoms with Crippen LogP contribution in [0.15, 0.2) is 42.5 Å². The number of nitrogens with one attached hydrogen (secondary N) is 1. The molecule has 0 unspecified atom stereocenters. The van der Waals surface area contributed by atoms with E-state index in [1.165, 1.54) is 0 Å². The van der Waals surface area contributed by atoms with E-state index in [2.05, 4.69) is 5.32 Å². The van der Waals surface area contributed by atoms with Gasteiger partial charge in [-0.05, 0) is 29.3 Å². The Balaban J connectivity index is 2.09. The number of hydrogen-bond acceptors (Lipinski definition) is 3. The molecule has 5 nitrogen and oxygen atoms in total. The maximum Gasteiger partial charge on any atom is 0.240 e. The highest BCUT2D eigenvalue weighted by Crippen LogP contribution is 2.11. The summed E-state index contributed by atoms with van der Waals surface area (Å²) in [6.45, 7) is 0. The highest BCUT2D eigenvalue weighted by Gasteiger charge is 2.20. The van der Waals surface area contributed by atoms with Gasteiger partial charge in [0.25, 0.3) is 0 Å². The molecule has 0 spiro atoms. The van der Waals surface area contributed by atoms with E-state index in [1.807, 2.05) is 6.07 Å². The van der Waals surface area contributed by atoms with Crippen molar-refractivity contribution < 1.29 is 18.4 Å². The molecule has 0 fully saturated rings. The van der Waals surface area contributed by atoms with E-state index in [0.717, 1.165) is 12.1 Å². The van der Waals surface area contributed by atoms with E-state index in [-0.39, 0.29) is 18.4 Å². The Morgan fingerprint density at radius 3 is 2.40 bits per heavy atom. The first kappa shape index (κ1) is 18.1. The first-order valence-electron chi connectivity index (χ1n) is 7.40. The molecule has 2 aromatic rings. The Labute approximate surface area is 143 Å². The largest absolute Gasteiger partial charge is 0.368 e. The van der Waals surface area contributed by atoms with Crippen molar-refractivity contribution in [3.05, 3.63) is 70.8 Å². The molecular weight excluding hydrogens is 328 g/mol. The lowest BCUT2D eigenvalue weighted by atomic mass is 10.00. The zero-order chi connectivity index (χ0) is 18.4. The second-order valence-electron chi connectivity index (χ2n) is 5.45. The van der Waals surface area contributed by atoms with Crippen LogP contribution in [0.2, 0.25) is 0 Å². The van der Waals surface area contributed by atoms with Gasteiger partial charge in [0.15, 0.2) is 0 Å². The maximum absolute atomic E-state index is 13.2. The van der Waals surface area contributed by atoms with E-state index in [0.29, 0.717) is 17.2 Å². The molecule has 0 aromatic heterocycles. The number of nitrogens with zero attached hydrogens (tertiary/aromatic N) is 1. The van der Waals surface area contributed by atoms with Crippen LogP contribution < -0.4 is 11.1 Å². The third-order valence-corrected chi connectivity index (χ3v) is 3.53. The van der Waals surface area contributed by atoms with Crippen molar-refractivity contribution in [3.63, 3.8) is 0 Å². The number of hydrogen-bond donors (Lipinski definition) is 2. The Kier molecular flexibility index (Phi) is 5.79. The predicted octanol–water partition coefficient (Wildman–Crippen LogP) is 1.59. The standard InChI is InChI=1S/C18H15F2N3O2/c19-14-5-11(6-15(20)9-14)7-17(24)23-16(18(22)25)8-12-3-1-2-4-13(12)10-21/h1-6,9,16H,7-8H2,(H2,22,25)(H,23,24)/t16-/m1/s1. The van der Waals surface area contributed by atoms with Crippen LogP contribution in [0.25, 0.3) is 0 Å². The van der Waals surface area contributed by atoms with Crippen LogP contribution in [0.1, 0.15) is 16.7 Å². The third-order valence-electron chi connectivity index (χ3n) is 3.53. The molecule has 3 N–H and O–H groups in total. The van der Waals surface area contributed by atoms with E-state index < -0.39 is 29.5 Å². The number of nitrogens with two attached hydrogens (primary N) is 1. The normalized spacial score (nSPS) is 11.4. The number of halogens is 2. The number of rotatable bonds is 6. The second-order valence-corrected chi connectivity index (χ2v) is 5.45. The van der Waals surface area contributed by atoms with Gasteiger partial charge in [-0.1, -0.05) is 18.2 Å². The van der Waals surface area contributed by atoms with Crippen molar-refractivity contribution in [1.29, 1.82) is 5.26 Å². The summed E-state index contributed by atoms with van der Waals surface area (Å²) in [5.41, 5.74) is 6.38. The Hall–Kier alpha value is -3.27. The first-order chi connectivity index (χ1) is 11.9. The molecule has 0 aliphatic rings. The molecule has 0 aliphatic heterocycles. The van der Waals surface area contributed by atoms with Gasteiger partial charge in [0, 0.05) is 12.5 Å². The van der Waals surface area contributed by atoms with E-state index in [9.17, 15) is 18.4 Å². The Morgan fingerprint density at radius 1 is 1.16 bits per heavy atom. The average molecular weight is 343 g/mol. The van der Waals surface area contributed by atoms with Crippen LogP contribution in [0.4, 0.5) is 8.78 Å². The molecule has 0 radical (unpaired) electrons. The van der Waals surface area contributed by atoms with Crippen LogP contribution in [0.3, 0.4) is 0 Å².